The maximum absolute atomic E-state index is 11.9. The predicted octanol–water partition coefficient (Wildman–Crippen LogP) is 1.44. The van der Waals surface area contributed by atoms with Crippen LogP contribution in [0, 0.1) is 5.92 Å². The summed E-state index contributed by atoms with van der Waals surface area (Å²) in [5.74, 6) is 0.879. The summed E-state index contributed by atoms with van der Waals surface area (Å²) in [6, 6.07) is 7.56. The van der Waals surface area contributed by atoms with E-state index in [0.717, 1.165) is 36.6 Å². The molecule has 0 radical (unpaired) electrons. The summed E-state index contributed by atoms with van der Waals surface area (Å²) in [4.78, 5) is 16.0. The Hall–Kier alpha value is -1.92. The summed E-state index contributed by atoms with van der Waals surface area (Å²) in [6.45, 7) is 1.69. The van der Waals surface area contributed by atoms with Crippen LogP contribution in [-0.4, -0.2) is 34.2 Å². The Labute approximate surface area is 122 Å². The van der Waals surface area contributed by atoms with E-state index in [1.54, 1.807) is 0 Å². The second kappa shape index (κ2) is 6.49. The number of carbonyl (C=O) groups is 1. The number of amides is 1. The van der Waals surface area contributed by atoms with Gasteiger partial charge in [-0.3, -0.25) is 9.89 Å². The molecule has 1 saturated heterocycles. The number of rotatable bonds is 3. The molecule has 20 heavy (non-hydrogen) atoms. The molecule has 6 nitrogen and oxygen atoms in total. The van der Waals surface area contributed by atoms with Crippen molar-refractivity contribution in [2.24, 2.45) is 5.92 Å². The molecule has 0 saturated carbocycles. The molecular weight excluding hydrogens is 278 g/mol. The van der Waals surface area contributed by atoms with E-state index < -0.39 is 0 Å². The molecule has 106 valence electrons. The Morgan fingerprint density at radius 2 is 2.10 bits per heavy atom. The Bertz CT molecular complexity index is 549. The Balaban J connectivity index is 0.00000147. The number of H-pyrrole nitrogens is 1. The van der Waals surface area contributed by atoms with E-state index in [9.17, 15) is 4.79 Å². The average molecular weight is 294 g/mol. The number of benzene rings is 1. The van der Waals surface area contributed by atoms with Gasteiger partial charge in [0, 0.05) is 17.8 Å². The molecule has 0 bridgehead atoms. The lowest BCUT2D eigenvalue weighted by Crippen LogP contribution is -2.24. The van der Waals surface area contributed by atoms with E-state index in [1.807, 2.05) is 24.3 Å². The largest absolute Gasteiger partial charge is 0.326 e. The van der Waals surface area contributed by atoms with Gasteiger partial charge in [0.25, 0.3) is 0 Å². The summed E-state index contributed by atoms with van der Waals surface area (Å²) in [5.41, 5.74) is 1.75. The minimum Gasteiger partial charge on any atom is -0.326 e. The van der Waals surface area contributed by atoms with Crippen LogP contribution < -0.4 is 10.6 Å². The van der Waals surface area contributed by atoms with Crippen LogP contribution in [0.15, 0.2) is 30.6 Å². The first-order chi connectivity index (χ1) is 9.33. The van der Waals surface area contributed by atoms with Gasteiger partial charge in [0.15, 0.2) is 5.82 Å². The lowest BCUT2D eigenvalue weighted by molar-refractivity contribution is -0.119. The van der Waals surface area contributed by atoms with Crippen molar-refractivity contribution in [1.29, 1.82) is 0 Å². The average Bonchev–Trinajstić information content (AvgIpc) is 3.13. The number of aromatic nitrogens is 3. The highest BCUT2D eigenvalue weighted by atomic mass is 35.5. The fraction of sp³-hybridized carbons (Fsp3) is 0.308. The van der Waals surface area contributed by atoms with Gasteiger partial charge in [0.1, 0.15) is 6.33 Å². The molecule has 1 aliphatic heterocycles. The van der Waals surface area contributed by atoms with Gasteiger partial charge < -0.3 is 10.6 Å². The third kappa shape index (κ3) is 3.15. The van der Waals surface area contributed by atoms with Crippen LogP contribution >= 0.6 is 12.4 Å². The van der Waals surface area contributed by atoms with Gasteiger partial charge in [0.2, 0.25) is 5.91 Å². The number of nitrogens with one attached hydrogen (secondary N) is 3. The van der Waals surface area contributed by atoms with Crippen molar-refractivity contribution in [3.8, 4) is 11.4 Å². The van der Waals surface area contributed by atoms with Crippen molar-refractivity contribution >= 4 is 24.0 Å². The quantitative estimate of drug-likeness (QED) is 0.800. The first-order valence-corrected chi connectivity index (χ1v) is 6.30. The Morgan fingerprint density at radius 3 is 2.70 bits per heavy atom. The first kappa shape index (κ1) is 14.5. The van der Waals surface area contributed by atoms with Crippen molar-refractivity contribution in [2.75, 3.05) is 18.4 Å². The van der Waals surface area contributed by atoms with E-state index in [0.29, 0.717) is 0 Å². The molecule has 3 N–H and O–H groups in total. The number of hydrogen-bond acceptors (Lipinski definition) is 4. The van der Waals surface area contributed by atoms with Crippen molar-refractivity contribution in [3.63, 3.8) is 0 Å². The number of hydrogen-bond donors (Lipinski definition) is 3. The monoisotopic (exact) mass is 293 g/mol. The lowest BCUT2D eigenvalue weighted by atomic mass is 10.1. The van der Waals surface area contributed by atoms with Crippen LogP contribution in [0.2, 0.25) is 0 Å². The molecule has 2 aromatic rings. The van der Waals surface area contributed by atoms with Crippen molar-refractivity contribution < 1.29 is 4.79 Å². The molecule has 1 fully saturated rings. The highest BCUT2D eigenvalue weighted by Crippen LogP contribution is 2.18. The van der Waals surface area contributed by atoms with E-state index in [4.69, 9.17) is 0 Å². The van der Waals surface area contributed by atoms with Gasteiger partial charge >= 0.3 is 0 Å². The van der Waals surface area contributed by atoms with Crippen molar-refractivity contribution in [1.82, 2.24) is 20.5 Å². The van der Waals surface area contributed by atoms with E-state index in [2.05, 4.69) is 25.8 Å². The second-order valence-corrected chi connectivity index (χ2v) is 4.59. The van der Waals surface area contributed by atoms with E-state index >= 15 is 0 Å². The van der Waals surface area contributed by atoms with Gasteiger partial charge in [-0.15, -0.1) is 12.4 Å². The van der Waals surface area contributed by atoms with Crippen LogP contribution in [0.1, 0.15) is 6.42 Å². The zero-order valence-corrected chi connectivity index (χ0v) is 11.6. The van der Waals surface area contributed by atoms with E-state index in [1.165, 1.54) is 6.33 Å². The summed E-state index contributed by atoms with van der Waals surface area (Å²) >= 11 is 0. The summed E-state index contributed by atoms with van der Waals surface area (Å²) in [5, 5.41) is 12.7. The molecule has 1 amide bonds. The SMILES string of the molecule is Cl.O=C(Nc1ccc(-c2ncn[nH]2)cc1)C1CCNC1. The zero-order valence-electron chi connectivity index (χ0n) is 10.8. The molecule has 7 heteroatoms. The van der Waals surface area contributed by atoms with Gasteiger partial charge in [-0.1, -0.05) is 0 Å². The maximum atomic E-state index is 11.9. The van der Waals surface area contributed by atoms with Gasteiger partial charge in [-0.05, 0) is 37.2 Å². The standard InChI is InChI=1S/C13H15N5O.ClH/c19-13(10-5-6-14-7-10)17-11-3-1-9(2-4-11)12-15-8-16-18-12;/h1-4,8,10,14H,5-7H2,(H,17,19)(H,15,16,18);1H. The maximum Gasteiger partial charge on any atom is 0.228 e. The van der Waals surface area contributed by atoms with Crippen LogP contribution in [0.5, 0.6) is 0 Å². The second-order valence-electron chi connectivity index (χ2n) is 4.59. The molecule has 1 aromatic carbocycles. The number of aromatic amines is 1. The van der Waals surface area contributed by atoms with Crippen LogP contribution in [0.4, 0.5) is 5.69 Å². The lowest BCUT2D eigenvalue weighted by Gasteiger charge is -2.10. The summed E-state index contributed by atoms with van der Waals surface area (Å²) in [6.07, 6.45) is 2.38. The molecule has 1 aliphatic rings. The van der Waals surface area contributed by atoms with E-state index in [-0.39, 0.29) is 24.2 Å². The Morgan fingerprint density at radius 1 is 1.30 bits per heavy atom. The minimum absolute atomic E-state index is 0. The highest BCUT2D eigenvalue weighted by Gasteiger charge is 2.22. The summed E-state index contributed by atoms with van der Waals surface area (Å²) in [7, 11) is 0. The Kier molecular flexibility index (Phi) is 4.70. The third-order valence-electron chi connectivity index (χ3n) is 3.27. The summed E-state index contributed by atoms with van der Waals surface area (Å²) < 4.78 is 0. The number of halogens is 1. The van der Waals surface area contributed by atoms with Crippen molar-refractivity contribution in [2.45, 2.75) is 6.42 Å². The van der Waals surface area contributed by atoms with Crippen molar-refractivity contribution in [3.05, 3.63) is 30.6 Å². The fourth-order valence-corrected chi connectivity index (χ4v) is 2.18. The molecule has 3 rings (SSSR count). The van der Waals surface area contributed by atoms with Gasteiger partial charge in [0.05, 0.1) is 5.92 Å². The normalized spacial score (nSPS) is 17.5. The smallest absolute Gasteiger partial charge is 0.228 e. The fourth-order valence-electron chi connectivity index (χ4n) is 2.18. The molecule has 1 atom stereocenters. The number of carbonyl (C=O) groups excluding carboxylic acids is 1. The molecule has 0 spiro atoms. The predicted molar refractivity (Wildman–Crippen MR) is 78.7 cm³/mol. The zero-order chi connectivity index (χ0) is 13.1. The van der Waals surface area contributed by atoms with Crippen LogP contribution in [-0.2, 0) is 4.79 Å². The third-order valence-corrected chi connectivity index (χ3v) is 3.27. The topological polar surface area (TPSA) is 82.7 Å². The number of anilines is 1. The minimum atomic E-state index is 0. The molecule has 2 heterocycles. The van der Waals surface area contributed by atoms with Crippen LogP contribution in [0.25, 0.3) is 11.4 Å². The highest BCUT2D eigenvalue weighted by molar-refractivity contribution is 5.93. The van der Waals surface area contributed by atoms with Gasteiger partial charge in [-0.25, -0.2) is 4.98 Å². The molecule has 1 unspecified atom stereocenters. The molecular formula is C13H16ClN5O. The molecule has 1 aromatic heterocycles. The van der Waals surface area contributed by atoms with Gasteiger partial charge in [-0.2, -0.15) is 5.10 Å². The molecule has 0 aliphatic carbocycles. The first-order valence-electron chi connectivity index (χ1n) is 6.30. The van der Waals surface area contributed by atoms with Crippen LogP contribution in [0.3, 0.4) is 0 Å². The number of nitrogens with zero attached hydrogens (tertiary/aromatic N) is 2.